The van der Waals surface area contributed by atoms with Gasteiger partial charge in [-0.2, -0.15) is 13.2 Å². The van der Waals surface area contributed by atoms with E-state index in [1.807, 2.05) is 0 Å². The summed E-state index contributed by atoms with van der Waals surface area (Å²) in [5.74, 6) is 1.21. The minimum Gasteiger partial charge on any atom is -0.262 e. The van der Waals surface area contributed by atoms with Crippen LogP contribution in [0.15, 0.2) is 22.4 Å². The van der Waals surface area contributed by atoms with Crippen molar-refractivity contribution in [2.45, 2.75) is 48.0 Å². The third-order valence-corrected chi connectivity index (χ3v) is 4.83. The molecule has 0 aliphatic heterocycles. The maximum atomic E-state index is 12.6. The number of alkyl halides is 3. The Hall–Kier alpha value is -1.28. The van der Waals surface area contributed by atoms with Crippen LogP contribution in [0.25, 0.3) is 0 Å². The molecule has 2 aromatic heterocycles. The van der Waals surface area contributed by atoms with E-state index < -0.39 is 11.7 Å². The maximum Gasteiger partial charge on any atom is 0.417 e. The molecule has 2 heterocycles. The molecule has 0 bridgehead atoms. The van der Waals surface area contributed by atoms with Crippen LogP contribution in [0.5, 0.6) is 0 Å². The van der Waals surface area contributed by atoms with Gasteiger partial charge in [-0.05, 0) is 30.7 Å². The van der Waals surface area contributed by atoms with Crippen LogP contribution in [0.4, 0.5) is 13.2 Å². The number of nitrogens with one attached hydrogen (secondary N) is 1. The summed E-state index contributed by atoms with van der Waals surface area (Å²) in [7, 11) is 0. The maximum absolute atomic E-state index is 12.6. The number of rotatable bonds is 3. The molecule has 4 nitrogen and oxygen atoms in total. The molecular formula is C13H12ClF3N4S. The fourth-order valence-electron chi connectivity index (χ4n) is 2.43. The van der Waals surface area contributed by atoms with E-state index in [1.54, 1.807) is 0 Å². The van der Waals surface area contributed by atoms with Gasteiger partial charge in [0, 0.05) is 12.1 Å². The first-order chi connectivity index (χ1) is 10.4. The highest BCUT2D eigenvalue weighted by Gasteiger charge is 2.31. The zero-order chi connectivity index (χ0) is 15.7. The van der Waals surface area contributed by atoms with Crippen molar-refractivity contribution in [3.05, 3.63) is 28.7 Å². The Bertz CT molecular complexity index is 668. The van der Waals surface area contributed by atoms with E-state index in [4.69, 9.17) is 11.6 Å². The minimum atomic E-state index is -4.46. The second-order valence-electron chi connectivity index (χ2n) is 5.10. The average molecular weight is 349 g/mol. The minimum absolute atomic E-state index is 0.0629. The Morgan fingerprint density at radius 3 is 2.64 bits per heavy atom. The number of aromatic nitrogens is 4. The standard InChI is InChI=1S/C13H12ClF3N4S/c14-9-5-8(13(15,16)17)6-18-11(9)22-12-19-10(20-21-12)7-3-1-2-4-7/h5-7H,1-4H2,(H,19,20,21). The Balaban J connectivity index is 1.76. The quantitative estimate of drug-likeness (QED) is 0.875. The molecule has 1 aliphatic carbocycles. The van der Waals surface area contributed by atoms with E-state index in [1.165, 1.54) is 12.8 Å². The summed E-state index contributed by atoms with van der Waals surface area (Å²) in [5, 5.41) is 7.57. The Kier molecular flexibility index (Phi) is 4.31. The predicted octanol–water partition coefficient (Wildman–Crippen LogP) is 4.68. The first-order valence-electron chi connectivity index (χ1n) is 6.76. The molecule has 0 radical (unpaired) electrons. The van der Waals surface area contributed by atoms with Crippen molar-refractivity contribution in [3.8, 4) is 0 Å². The fourth-order valence-corrected chi connectivity index (χ4v) is 3.38. The van der Waals surface area contributed by atoms with Gasteiger partial charge in [-0.25, -0.2) is 9.97 Å². The molecule has 0 unspecified atom stereocenters. The lowest BCUT2D eigenvalue weighted by Gasteiger charge is -2.07. The molecule has 3 rings (SSSR count). The molecular weight excluding hydrogens is 337 g/mol. The van der Waals surface area contributed by atoms with Gasteiger partial charge < -0.3 is 0 Å². The lowest BCUT2D eigenvalue weighted by molar-refractivity contribution is -0.137. The third-order valence-electron chi connectivity index (χ3n) is 3.55. The molecule has 1 N–H and O–H groups in total. The Labute approximate surface area is 133 Å². The summed E-state index contributed by atoms with van der Waals surface area (Å²) >= 11 is 6.92. The van der Waals surface area contributed by atoms with Gasteiger partial charge in [0.05, 0.1) is 10.6 Å². The first-order valence-corrected chi connectivity index (χ1v) is 7.96. The van der Waals surface area contributed by atoms with Gasteiger partial charge in [0.1, 0.15) is 10.9 Å². The van der Waals surface area contributed by atoms with Gasteiger partial charge in [-0.3, -0.25) is 5.10 Å². The molecule has 118 valence electrons. The zero-order valence-electron chi connectivity index (χ0n) is 11.3. The summed E-state index contributed by atoms with van der Waals surface area (Å²) in [6.45, 7) is 0. The summed E-state index contributed by atoms with van der Waals surface area (Å²) in [4.78, 5) is 8.14. The predicted molar refractivity (Wildman–Crippen MR) is 76.0 cm³/mol. The number of nitrogens with zero attached hydrogens (tertiary/aromatic N) is 3. The number of halogens is 4. The molecule has 0 amide bonds. The summed E-state index contributed by atoms with van der Waals surface area (Å²) in [6, 6.07) is 0.863. The zero-order valence-corrected chi connectivity index (χ0v) is 12.9. The van der Waals surface area contributed by atoms with Crippen LogP contribution < -0.4 is 0 Å². The van der Waals surface area contributed by atoms with E-state index >= 15 is 0 Å². The Morgan fingerprint density at radius 1 is 1.27 bits per heavy atom. The average Bonchev–Trinajstić information content (AvgIpc) is 3.10. The van der Waals surface area contributed by atoms with Crippen molar-refractivity contribution < 1.29 is 13.2 Å². The molecule has 1 aliphatic rings. The summed E-state index contributed by atoms with van der Waals surface area (Å²) in [6.07, 6.45) is 0.830. The molecule has 1 saturated carbocycles. The van der Waals surface area contributed by atoms with Crippen LogP contribution in [0.2, 0.25) is 5.02 Å². The highest BCUT2D eigenvalue weighted by atomic mass is 35.5. The van der Waals surface area contributed by atoms with Crippen molar-refractivity contribution in [2.75, 3.05) is 0 Å². The molecule has 0 saturated heterocycles. The normalized spacial score (nSPS) is 16.4. The van der Waals surface area contributed by atoms with Crippen LogP contribution in [0, 0.1) is 0 Å². The smallest absolute Gasteiger partial charge is 0.262 e. The topological polar surface area (TPSA) is 54.5 Å². The van der Waals surface area contributed by atoms with Crippen LogP contribution in [0.3, 0.4) is 0 Å². The fraction of sp³-hybridized carbons (Fsp3) is 0.462. The van der Waals surface area contributed by atoms with Crippen LogP contribution in [-0.4, -0.2) is 20.2 Å². The van der Waals surface area contributed by atoms with E-state index in [9.17, 15) is 13.2 Å². The largest absolute Gasteiger partial charge is 0.417 e. The number of H-pyrrole nitrogens is 1. The van der Waals surface area contributed by atoms with Crippen LogP contribution in [-0.2, 0) is 6.18 Å². The molecule has 1 fully saturated rings. The summed E-state index contributed by atoms with van der Waals surface area (Å²) in [5.41, 5.74) is -0.872. The van der Waals surface area contributed by atoms with Crippen molar-refractivity contribution in [1.29, 1.82) is 0 Å². The van der Waals surface area contributed by atoms with Crippen molar-refractivity contribution >= 4 is 23.4 Å². The van der Waals surface area contributed by atoms with E-state index in [0.29, 0.717) is 11.1 Å². The monoisotopic (exact) mass is 348 g/mol. The lowest BCUT2D eigenvalue weighted by Crippen LogP contribution is -2.05. The Morgan fingerprint density at radius 2 is 2.00 bits per heavy atom. The molecule has 0 atom stereocenters. The van der Waals surface area contributed by atoms with Crippen LogP contribution in [0.1, 0.15) is 43.0 Å². The van der Waals surface area contributed by atoms with Gasteiger partial charge in [0.15, 0.2) is 0 Å². The second-order valence-corrected chi connectivity index (χ2v) is 6.46. The molecule has 9 heteroatoms. The highest BCUT2D eigenvalue weighted by Crippen LogP contribution is 2.36. The number of hydrogen-bond acceptors (Lipinski definition) is 4. The molecule has 2 aromatic rings. The summed E-state index contributed by atoms with van der Waals surface area (Å²) < 4.78 is 37.7. The lowest BCUT2D eigenvalue weighted by atomic mass is 10.1. The highest BCUT2D eigenvalue weighted by molar-refractivity contribution is 7.99. The van der Waals surface area contributed by atoms with E-state index in [2.05, 4.69) is 20.2 Å². The molecule has 22 heavy (non-hydrogen) atoms. The van der Waals surface area contributed by atoms with Crippen molar-refractivity contribution in [3.63, 3.8) is 0 Å². The number of aromatic amines is 1. The SMILES string of the molecule is FC(F)(F)c1cnc(Sc2n[nH]c(C3CCCC3)n2)c(Cl)c1. The van der Waals surface area contributed by atoms with Crippen molar-refractivity contribution in [2.24, 2.45) is 0 Å². The number of pyridine rings is 1. The number of hydrogen-bond donors (Lipinski definition) is 1. The van der Waals surface area contributed by atoms with Gasteiger partial charge in [-0.1, -0.05) is 24.4 Å². The van der Waals surface area contributed by atoms with E-state index in [0.717, 1.165) is 42.7 Å². The molecule has 0 aromatic carbocycles. The second kappa shape index (κ2) is 6.08. The van der Waals surface area contributed by atoms with Gasteiger partial charge in [0.2, 0.25) is 5.16 Å². The first kappa shape index (κ1) is 15.6. The van der Waals surface area contributed by atoms with Gasteiger partial charge in [-0.15, -0.1) is 5.10 Å². The van der Waals surface area contributed by atoms with E-state index in [-0.39, 0.29) is 10.0 Å². The van der Waals surface area contributed by atoms with Crippen molar-refractivity contribution in [1.82, 2.24) is 20.2 Å². The third kappa shape index (κ3) is 3.38. The van der Waals surface area contributed by atoms with Gasteiger partial charge in [0.25, 0.3) is 0 Å². The van der Waals surface area contributed by atoms with Gasteiger partial charge >= 0.3 is 6.18 Å². The molecule has 0 spiro atoms. The van der Waals surface area contributed by atoms with Crippen LogP contribution >= 0.6 is 23.4 Å².